The van der Waals surface area contributed by atoms with Crippen molar-refractivity contribution < 1.29 is 17.2 Å². The monoisotopic (exact) mass is 372 g/mol. The van der Waals surface area contributed by atoms with Crippen molar-refractivity contribution >= 4 is 17.6 Å². The van der Waals surface area contributed by atoms with Gasteiger partial charge >= 0.3 is 0 Å². The lowest BCUT2D eigenvalue weighted by Gasteiger charge is -2.27. The molecule has 1 rings (SSSR count). The first-order valence-corrected chi connectivity index (χ1v) is 10.4. The predicted molar refractivity (Wildman–Crippen MR) is 111 cm³/mol. The van der Waals surface area contributed by atoms with Gasteiger partial charge in [0.1, 0.15) is 5.78 Å². The number of Topliss-reactive ketones (excluding diaryl/α,β-unsaturated/α-hetero) is 1. The number of amides is 2. The van der Waals surface area contributed by atoms with E-state index in [9.17, 15) is 14.4 Å². The highest BCUT2D eigenvalue weighted by Gasteiger charge is 2.24. The van der Waals surface area contributed by atoms with Crippen LogP contribution in [0.5, 0.6) is 0 Å². The first kappa shape index (κ1) is 24.6. The first-order valence-electron chi connectivity index (χ1n) is 10.4. The topological polar surface area (TPSA) is 75.3 Å². The van der Waals surface area contributed by atoms with Gasteiger partial charge < -0.3 is 10.6 Å². The molecule has 0 aliphatic heterocycles. The molecule has 5 heteroatoms. The highest BCUT2D eigenvalue weighted by molar-refractivity contribution is 5.79. The van der Waals surface area contributed by atoms with Crippen molar-refractivity contribution in [2.24, 2.45) is 17.8 Å². The molecule has 2 N–H and O–H groups in total. The molecule has 0 unspecified atom stereocenters. The van der Waals surface area contributed by atoms with Crippen molar-refractivity contribution in [1.29, 1.82) is 0 Å². The molecule has 2 amide bonds. The number of nitrogens with one attached hydrogen (secondary N) is 2. The highest BCUT2D eigenvalue weighted by atomic mass is 16.2. The van der Waals surface area contributed by atoms with Crippen molar-refractivity contribution in [3.8, 4) is 0 Å². The van der Waals surface area contributed by atoms with E-state index in [1.54, 1.807) is 6.92 Å². The summed E-state index contributed by atoms with van der Waals surface area (Å²) in [6.07, 6.45) is 6.33. The number of carbonyl (C=O) groups is 3. The zero-order valence-corrected chi connectivity index (χ0v) is 17.5. The van der Waals surface area contributed by atoms with Gasteiger partial charge in [0.05, 0.1) is 0 Å². The summed E-state index contributed by atoms with van der Waals surface area (Å²) in [7, 11) is 0. The molecular weight excluding hydrogens is 328 g/mol. The van der Waals surface area contributed by atoms with E-state index in [2.05, 4.69) is 24.5 Å². The molecule has 0 spiro atoms. The molecule has 1 fully saturated rings. The van der Waals surface area contributed by atoms with Crippen LogP contribution in [-0.4, -0.2) is 30.7 Å². The van der Waals surface area contributed by atoms with Gasteiger partial charge in [0, 0.05) is 34.7 Å². The molecule has 0 saturated heterocycles. The second-order valence-electron chi connectivity index (χ2n) is 7.52. The number of hydrogen-bond acceptors (Lipinski definition) is 3. The van der Waals surface area contributed by atoms with Crippen molar-refractivity contribution in [2.75, 3.05) is 13.1 Å². The maximum absolute atomic E-state index is 11.8. The Hall–Kier alpha value is -1.39. The van der Waals surface area contributed by atoms with E-state index in [0.29, 0.717) is 50.0 Å². The van der Waals surface area contributed by atoms with E-state index >= 15 is 0 Å². The molecule has 0 aromatic heterocycles. The van der Waals surface area contributed by atoms with Gasteiger partial charge in [0.25, 0.3) is 0 Å². The van der Waals surface area contributed by atoms with Gasteiger partial charge in [-0.05, 0) is 57.3 Å². The smallest absolute Gasteiger partial charge is 0.220 e. The van der Waals surface area contributed by atoms with Gasteiger partial charge in [-0.15, -0.1) is 0 Å². The Kier molecular flexibility index (Phi) is 14.0. The highest BCUT2D eigenvalue weighted by Crippen LogP contribution is 2.28. The normalized spacial score (nSPS) is 19.3. The molecule has 0 aromatic rings. The average molecular weight is 373 g/mol. The van der Waals surface area contributed by atoms with Gasteiger partial charge in [-0.25, -0.2) is 0 Å². The van der Waals surface area contributed by atoms with Crippen LogP contribution in [0.25, 0.3) is 0 Å². The second-order valence-corrected chi connectivity index (χ2v) is 7.52. The van der Waals surface area contributed by atoms with Crippen LogP contribution in [0, 0.1) is 17.8 Å². The van der Waals surface area contributed by atoms with Crippen LogP contribution in [0.4, 0.5) is 0 Å². The Morgan fingerprint density at radius 1 is 0.962 bits per heavy atom. The summed E-state index contributed by atoms with van der Waals surface area (Å²) in [4.78, 5) is 34.8. The molecule has 26 heavy (non-hydrogen) atoms. The summed E-state index contributed by atoms with van der Waals surface area (Å²) in [6, 6.07) is 0. The summed E-state index contributed by atoms with van der Waals surface area (Å²) in [5, 5.41) is 5.86. The molecule has 1 saturated carbocycles. The third-order valence-corrected chi connectivity index (χ3v) is 4.86. The Morgan fingerprint density at radius 3 is 2.00 bits per heavy atom. The van der Waals surface area contributed by atoms with Gasteiger partial charge in [0.15, 0.2) is 0 Å². The zero-order chi connectivity index (χ0) is 19.9. The lowest BCUT2D eigenvalue weighted by atomic mass is 9.80. The second kappa shape index (κ2) is 14.7. The third-order valence-electron chi connectivity index (χ3n) is 4.86. The van der Waals surface area contributed by atoms with Gasteiger partial charge in [-0.1, -0.05) is 27.7 Å². The SMILES string of the molecule is CC.CC(=O)C1CCC(CNC(=O)CCCC(=O)NCCC(C)C)CC1.[HH].[HH]. The van der Waals surface area contributed by atoms with E-state index < -0.39 is 0 Å². The summed E-state index contributed by atoms with van der Waals surface area (Å²) in [5.41, 5.74) is 0. The van der Waals surface area contributed by atoms with E-state index in [0.717, 1.165) is 32.1 Å². The fourth-order valence-electron chi connectivity index (χ4n) is 3.12. The summed E-state index contributed by atoms with van der Waals surface area (Å²) < 4.78 is 0. The van der Waals surface area contributed by atoms with Gasteiger partial charge in [-0.2, -0.15) is 0 Å². The van der Waals surface area contributed by atoms with Crippen LogP contribution >= 0.6 is 0 Å². The Balaban J connectivity index is -0.00000151. The van der Waals surface area contributed by atoms with E-state index in [1.165, 1.54) is 0 Å². The van der Waals surface area contributed by atoms with E-state index in [-0.39, 0.29) is 20.6 Å². The zero-order valence-electron chi connectivity index (χ0n) is 17.5. The van der Waals surface area contributed by atoms with E-state index in [4.69, 9.17) is 0 Å². The molecule has 0 bridgehead atoms. The van der Waals surface area contributed by atoms with Gasteiger partial charge in [0.2, 0.25) is 11.8 Å². The molecule has 0 radical (unpaired) electrons. The minimum atomic E-state index is 0. The average Bonchev–Trinajstić information content (AvgIpc) is 2.61. The maximum Gasteiger partial charge on any atom is 0.220 e. The number of hydrogen-bond donors (Lipinski definition) is 2. The minimum absolute atomic E-state index is 0. The molecule has 156 valence electrons. The number of rotatable bonds is 10. The molecule has 0 atom stereocenters. The maximum atomic E-state index is 11.8. The quantitative estimate of drug-likeness (QED) is 0.598. The van der Waals surface area contributed by atoms with Crippen LogP contribution in [0.3, 0.4) is 0 Å². The largest absolute Gasteiger partial charge is 0.356 e. The molecular formula is C21H44N2O3. The molecule has 0 heterocycles. The number of carbonyl (C=O) groups excluding carboxylic acids is 3. The van der Waals surface area contributed by atoms with Crippen molar-refractivity contribution in [2.45, 2.75) is 86.0 Å². The van der Waals surface area contributed by atoms with Crippen LogP contribution in [0.1, 0.15) is 88.8 Å². The van der Waals surface area contributed by atoms with Gasteiger partial charge in [-0.3, -0.25) is 14.4 Å². The minimum Gasteiger partial charge on any atom is -0.356 e. The standard InChI is InChI=1S/C19H34N2O3.C2H6.2H2/c1-14(2)11-12-20-18(23)5-4-6-19(24)21-13-16-7-9-17(10-8-16)15(3)22;1-2;;/h14,16-17H,4-13H2,1-3H3,(H,20,23)(H,21,24);1-2H3;2*1H. The van der Waals surface area contributed by atoms with Crippen molar-refractivity contribution in [3.63, 3.8) is 0 Å². The predicted octanol–water partition coefficient (Wildman–Crippen LogP) is 4.35. The number of ketones is 1. The lowest BCUT2D eigenvalue weighted by Crippen LogP contribution is -2.32. The summed E-state index contributed by atoms with van der Waals surface area (Å²) >= 11 is 0. The van der Waals surface area contributed by atoms with Crippen molar-refractivity contribution in [3.05, 3.63) is 0 Å². The molecule has 5 nitrogen and oxygen atoms in total. The fraction of sp³-hybridized carbons (Fsp3) is 0.857. The summed E-state index contributed by atoms with van der Waals surface area (Å²) in [5.74, 6) is 1.66. The van der Waals surface area contributed by atoms with E-state index in [1.807, 2.05) is 13.8 Å². The van der Waals surface area contributed by atoms with Crippen LogP contribution < -0.4 is 10.6 Å². The Morgan fingerprint density at radius 2 is 1.50 bits per heavy atom. The fourth-order valence-corrected chi connectivity index (χ4v) is 3.12. The molecule has 0 aromatic carbocycles. The van der Waals surface area contributed by atoms with Crippen LogP contribution in [0.15, 0.2) is 0 Å². The first-order chi connectivity index (χ1) is 12.4. The van der Waals surface area contributed by atoms with Crippen LogP contribution in [0.2, 0.25) is 0 Å². The van der Waals surface area contributed by atoms with Crippen LogP contribution in [-0.2, 0) is 14.4 Å². The lowest BCUT2D eigenvalue weighted by molar-refractivity contribution is -0.124. The molecule has 1 aliphatic rings. The Bertz CT molecular complexity index is 424. The molecule has 1 aliphatic carbocycles. The third kappa shape index (κ3) is 12.0. The Labute approximate surface area is 163 Å². The van der Waals surface area contributed by atoms with Crippen molar-refractivity contribution in [1.82, 2.24) is 10.6 Å². The summed E-state index contributed by atoms with van der Waals surface area (Å²) in [6.45, 7) is 11.3.